The zero-order valence-corrected chi connectivity index (χ0v) is 10.6. The number of hydrogen-bond acceptors (Lipinski definition) is 3. The summed E-state index contributed by atoms with van der Waals surface area (Å²) in [5.41, 5.74) is 1.38. The van der Waals surface area contributed by atoms with E-state index in [9.17, 15) is 15.3 Å². The maximum Gasteiger partial charge on any atom is 0.205 e. The van der Waals surface area contributed by atoms with Crippen molar-refractivity contribution in [1.82, 2.24) is 9.47 Å². The van der Waals surface area contributed by atoms with Gasteiger partial charge in [-0.2, -0.15) is 0 Å². The second-order valence-electron chi connectivity index (χ2n) is 5.13. The molecular formula is C13H17N2O3+. The van der Waals surface area contributed by atoms with E-state index in [1.165, 1.54) is 12.1 Å². The lowest BCUT2D eigenvalue weighted by atomic mass is 10.1. The van der Waals surface area contributed by atoms with Crippen LogP contribution in [0.5, 0.6) is 17.2 Å². The number of nitrogens with zero attached hydrogens (tertiary/aromatic N) is 1. The summed E-state index contributed by atoms with van der Waals surface area (Å²) >= 11 is 0. The third-order valence-electron chi connectivity index (χ3n) is 2.77. The molecule has 0 spiro atoms. The Morgan fingerprint density at radius 1 is 0.944 bits per heavy atom. The Bertz CT molecular complexity index is 559. The number of aromatic amines is 1. The minimum atomic E-state index is -0.503. The Morgan fingerprint density at radius 3 is 1.94 bits per heavy atom. The Hall–Kier alpha value is -2.14. The highest BCUT2D eigenvalue weighted by molar-refractivity contribution is 5.69. The van der Waals surface area contributed by atoms with Crippen LogP contribution in [-0.2, 0) is 0 Å². The lowest BCUT2D eigenvalue weighted by Crippen LogP contribution is -2.35. The number of rotatable bonds is 2. The molecule has 0 saturated carbocycles. The second-order valence-corrected chi connectivity index (χ2v) is 5.13. The van der Waals surface area contributed by atoms with E-state index in [2.05, 4.69) is 4.98 Å². The number of aromatic nitrogens is 1. The van der Waals surface area contributed by atoms with Crippen LogP contribution in [0, 0.1) is 0 Å². The number of quaternary nitrogens is 1. The molecule has 5 heteroatoms. The molecule has 2 rings (SSSR count). The predicted molar refractivity (Wildman–Crippen MR) is 70.8 cm³/mol. The van der Waals surface area contributed by atoms with Crippen LogP contribution in [0.2, 0.25) is 0 Å². The van der Waals surface area contributed by atoms with Crippen molar-refractivity contribution >= 4 is 5.82 Å². The van der Waals surface area contributed by atoms with E-state index in [1.54, 1.807) is 0 Å². The molecule has 5 nitrogen and oxygen atoms in total. The molecule has 0 bridgehead atoms. The van der Waals surface area contributed by atoms with Gasteiger partial charge < -0.3 is 20.3 Å². The van der Waals surface area contributed by atoms with Crippen LogP contribution in [-0.4, -0.2) is 41.4 Å². The normalized spacial score (nSPS) is 11.7. The molecule has 0 aliphatic carbocycles. The zero-order chi connectivity index (χ0) is 13.5. The van der Waals surface area contributed by atoms with Crippen molar-refractivity contribution < 1.29 is 15.3 Å². The smallest absolute Gasteiger partial charge is 0.205 e. The van der Waals surface area contributed by atoms with E-state index >= 15 is 0 Å². The van der Waals surface area contributed by atoms with E-state index in [4.69, 9.17) is 0 Å². The summed E-state index contributed by atoms with van der Waals surface area (Å²) in [4.78, 5) is 3.21. The third kappa shape index (κ3) is 2.12. The van der Waals surface area contributed by atoms with Crippen molar-refractivity contribution in [1.29, 1.82) is 0 Å². The van der Waals surface area contributed by atoms with E-state index in [1.807, 2.05) is 33.3 Å². The quantitative estimate of drug-likeness (QED) is 0.485. The van der Waals surface area contributed by atoms with Crippen LogP contribution in [0.3, 0.4) is 0 Å². The Labute approximate surface area is 105 Å². The topological polar surface area (TPSA) is 76.5 Å². The molecule has 0 amide bonds. The molecule has 0 saturated heterocycles. The highest BCUT2D eigenvalue weighted by atomic mass is 16.3. The van der Waals surface area contributed by atoms with Gasteiger partial charge in [0.2, 0.25) is 5.82 Å². The van der Waals surface area contributed by atoms with E-state index in [0.717, 1.165) is 11.5 Å². The molecule has 0 fully saturated rings. The summed E-state index contributed by atoms with van der Waals surface area (Å²) in [5, 5.41) is 28.3. The van der Waals surface area contributed by atoms with E-state index in [-0.39, 0.29) is 11.5 Å². The van der Waals surface area contributed by atoms with Crippen molar-refractivity contribution in [3.63, 3.8) is 0 Å². The fourth-order valence-electron chi connectivity index (χ4n) is 1.70. The predicted octanol–water partition coefficient (Wildman–Crippen LogP) is 2.00. The molecule has 4 N–H and O–H groups in total. The van der Waals surface area contributed by atoms with Crippen LogP contribution in [0.15, 0.2) is 24.3 Å². The monoisotopic (exact) mass is 249 g/mol. The number of benzene rings is 1. The average Bonchev–Trinajstić information content (AvgIpc) is 2.73. The van der Waals surface area contributed by atoms with Gasteiger partial charge in [0.1, 0.15) is 0 Å². The lowest BCUT2D eigenvalue weighted by Gasteiger charge is -2.20. The van der Waals surface area contributed by atoms with Gasteiger partial charge in [-0.05, 0) is 18.2 Å². The van der Waals surface area contributed by atoms with Crippen molar-refractivity contribution in [2.45, 2.75) is 0 Å². The summed E-state index contributed by atoms with van der Waals surface area (Å²) in [7, 11) is 6.09. The van der Waals surface area contributed by atoms with Crippen LogP contribution in [0.4, 0.5) is 5.82 Å². The first-order valence-electron chi connectivity index (χ1n) is 5.55. The molecular weight excluding hydrogens is 232 g/mol. The molecule has 0 atom stereocenters. The zero-order valence-electron chi connectivity index (χ0n) is 10.6. The number of aromatic hydroxyl groups is 3. The first kappa shape index (κ1) is 12.3. The second kappa shape index (κ2) is 3.96. The fourth-order valence-corrected chi connectivity index (χ4v) is 1.70. The molecule has 0 aliphatic rings. The fraction of sp³-hybridized carbons (Fsp3) is 0.231. The molecule has 0 aliphatic heterocycles. The summed E-state index contributed by atoms with van der Waals surface area (Å²) in [6.45, 7) is 0. The Kier molecular flexibility index (Phi) is 2.71. The molecule has 0 radical (unpaired) electrons. The molecule has 2 aromatic rings. The summed E-state index contributed by atoms with van der Waals surface area (Å²) in [6, 6.07) is 6.61. The molecule has 18 heavy (non-hydrogen) atoms. The maximum atomic E-state index is 9.48. The van der Waals surface area contributed by atoms with E-state index < -0.39 is 5.75 Å². The average molecular weight is 249 g/mol. The molecule has 1 aromatic carbocycles. The number of nitrogens with one attached hydrogen (secondary N) is 1. The van der Waals surface area contributed by atoms with Crippen LogP contribution in [0.1, 0.15) is 0 Å². The van der Waals surface area contributed by atoms with Crippen molar-refractivity contribution in [2.75, 3.05) is 21.1 Å². The number of phenolic OH excluding ortho intramolecular Hbond substituents is 3. The van der Waals surface area contributed by atoms with E-state index in [0.29, 0.717) is 10.0 Å². The van der Waals surface area contributed by atoms with Gasteiger partial charge in [-0.25, -0.2) is 0 Å². The summed E-state index contributed by atoms with van der Waals surface area (Å²) < 4.78 is 0.635. The van der Waals surface area contributed by atoms with Crippen LogP contribution >= 0.6 is 0 Å². The van der Waals surface area contributed by atoms with Crippen molar-refractivity contribution in [2.24, 2.45) is 0 Å². The standard InChI is InChI=1S/C13H16N2O3/c1-15(2,3)12-5-4-9(14-12)8-6-10(16)13(18)11(17)7-8/h4-7,14H,1-3H3,(H2-,16,17,18)/p+1. The van der Waals surface area contributed by atoms with Gasteiger partial charge in [0.15, 0.2) is 17.2 Å². The highest BCUT2D eigenvalue weighted by Crippen LogP contribution is 2.39. The Morgan fingerprint density at radius 2 is 1.50 bits per heavy atom. The van der Waals surface area contributed by atoms with Gasteiger partial charge in [0, 0.05) is 11.6 Å². The van der Waals surface area contributed by atoms with Gasteiger partial charge in [0.25, 0.3) is 0 Å². The third-order valence-corrected chi connectivity index (χ3v) is 2.77. The number of hydrogen-bond donors (Lipinski definition) is 4. The van der Waals surface area contributed by atoms with Gasteiger partial charge in [-0.3, -0.25) is 4.48 Å². The maximum absolute atomic E-state index is 9.48. The first-order valence-corrected chi connectivity index (χ1v) is 5.55. The SMILES string of the molecule is C[N+](C)(C)c1ccc(-c2cc(O)c(O)c(O)c2)[nH]1. The van der Waals surface area contributed by atoms with Crippen LogP contribution < -0.4 is 4.48 Å². The van der Waals surface area contributed by atoms with Gasteiger partial charge >= 0.3 is 0 Å². The van der Waals surface area contributed by atoms with Crippen LogP contribution in [0.25, 0.3) is 11.3 Å². The molecule has 1 heterocycles. The number of H-pyrrole nitrogens is 1. The summed E-state index contributed by atoms with van der Waals surface area (Å²) in [5.74, 6) is -0.188. The largest absolute Gasteiger partial charge is 0.504 e. The van der Waals surface area contributed by atoms with Crippen molar-refractivity contribution in [3.05, 3.63) is 24.3 Å². The number of phenols is 3. The van der Waals surface area contributed by atoms with Gasteiger partial charge in [0.05, 0.1) is 26.8 Å². The van der Waals surface area contributed by atoms with Gasteiger partial charge in [-0.15, -0.1) is 0 Å². The molecule has 96 valence electrons. The minimum absolute atomic E-state index is 0.341. The minimum Gasteiger partial charge on any atom is -0.504 e. The van der Waals surface area contributed by atoms with Crippen molar-refractivity contribution in [3.8, 4) is 28.5 Å². The molecule has 0 unspecified atom stereocenters. The highest BCUT2D eigenvalue weighted by Gasteiger charge is 2.16. The Balaban J connectivity index is 2.47. The summed E-state index contributed by atoms with van der Waals surface area (Å²) in [6.07, 6.45) is 0. The molecule has 1 aromatic heterocycles. The lowest BCUT2D eigenvalue weighted by molar-refractivity contribution is 0.368. The van der Waals surface area contributed by atoms with Gasteiger partial charge in [-0.1, -0.05) is 0 Å². The first-order chi connectivity index (χ1) is 8.29.